The van der Waals surface area contributed by atoms with Crippen LogP contribution in [0.3, 0.4) is 0 Å². The van der Waals surface area contributed by atoms with Gasteiger partial charge in [0.15, 0.2) is 0 Å². The van der Waals surface area contributed by atoms with E-state index in [4.69, 9.17) is 4.74 Å². The summed E-state index contributed by atoms with van der Waals surface area (Å²) in [5.74, 6) is -0.0833. The number of amides is 2. The van der Waals surface area contributed by atoms with Gasteiger partial charge >= 0.3 is 0 Å². The van der Waals surface area contributed by atoms with Crippen LogP contribution in [0, 0.1) is 5.92 Å². The molecule has 0 bridgehead atoms. The zero-order chi connectivity index (χ0) is 24.4. The molecule has 0 radical (unpaired) electrons. The number of hydrogen-bond donors (Lipinski definition) is 2. The Morgan fingerprint density at radius 2 is 1.85 bits per heavy atom. The lowest BCUT2D eigenvalue weighted by Crippen LogP contribution is -2.43. The number of carbonyl (C=O) groups is 2. The molecule has 2 amide bonds. The Morgan fingerprint density at radius 3 is 2.56 bits per heavy atom. The van der Waals surface area contributed by atoms with Crippen LogP contribution in [0.1, 0.15) is 44.6 Å². The Bertz CT molecular complexity index is 910. The van der Waals surface area contributed by atoms with Crippen molar-refractivity contribution in [3.63, 3.8) is 0 Å². The van der Waals surface area contributed by atoms with E-state index >= 15 is 0 Å². The smallest absolute Gasteiger partial charge is 0.225 e. The van der Waals surface area contributed by atoms with Crippen molar-refractivity contribution in [2.24, 2.45) is 5.92 Å². The minimum Gasteiger partial charge on any atom is -0.379 e. The molecule has 0 saturated carbocycles. The largest absolute Gasteiger partial charge is 0.379 e. The van der Waals surface area contributed by atoms with Crippen LogP contribution in [-0.2, 0) is 30.9 Å². The van der Waals surface area contributed by atoms with Gasteiger partial charge in [0, 0.05) is 57.3 Å². The van der Waals surface area contributed by atoms with Crippen molar-refractivity contribution in [2.75, 3.05) is 57.0 Å². The van der Waals surface area contributed by atoms with Crippen LogP contribution in [-0.4, -0.2) is 81.1 Å². The number of nitrogens with zero attached hydrogens (tertiary/aromatic N) is 2. The van der Waals surface area contributed by atoms with Crippen molar-refractivity contribution in [2.45, 2.75) is 45.6 Å². The molecule has 34 heavy (non-hydrogen) atoms. The number of benzene rings is 1. The van der Waals surface area contributed by atoms with Gasteiger partial charge in [0.1, 0.15) is 0 Å². The first-order chi connectivity index (χ1) is 16.4. The number of nitrogens with one attached hydrogen (secondary N) is 2. The summed E-state index contributed by atoms with van der Waals surface area (Å²) in [5, 5.41) is 5.90. The standard InChI is InChI=1S/C24H38N4O5S/c1-2-3-17-34(31,32)28-11-7-21(8-12-28)24(30)25-19-20-5-4-6-22(18-20)26-23(29)9-10-27-13-15-33-16-14-27/h4-6,18,21H,2-3,7-17,19H2,1H3,(H,25,30)(H,26,29). The highest BCUT2D eigenvalue weighted by molar-refractivity contribution is 7.89. The van der Waals surface area contributed by atoms with Gasteiger partial charge in [-0.1, -0.05) is 25.5 Å². The number of rotatable bonds is 11. The lowest BCUT2D eigenvalue weighted by molar-refractivity contribution is -0.126. The van der Waals surface area contributed by atoms with Gasteiger partial charge < -0.3 is 15.4 Å². The van der Waals surface area contributed by atoms with Gasteiger partial charge in [-0.05, 0) is 37.0 Å². The van der Waals surface area contributed by atoms with Crippen molar-refractivity contribution in [3.8, 4) is 0 Å². The van der Waals surface area contributed by atoms with Crippen molar-refractivity contribution in [1.29, 1.82) is 0 Å². The van der Waals surface area contributed by atoms with E-state index in [0.29, 0.717) is 70.8 Å². The molecule has 2 aliphatic rings. The SMILES string of the molecule is CCCCS(=O)(=O)N1CCC(C(=O)NCc2cccc(NC(=O)CCN3CCOCC3)c2)CC1. The third kappa shape index (κ3) is 8.33. The highest BCUT2D eigenvalue weighted by Crippen LogP contribution is 2.21. The van der Waals surface area contributed by atoms with Crippen LogP contribution >= 0.6 is 0 Å². The average molecular weight is 495 g/mol. The van der Waals surface area contributed by atoms with Crippen LogP contribution in [0.2, 0.25) is 0 Å². The fraction of sp³-hybridized carbons (Fsp3) is 0.667. The second kappa shape index (κ2) is 13.2. The fourth-order valence-electron chi connectivity index (χ4n) is 4.25. The highest BCUT2D eigenvalue weighted by Gasteiger charge is 2.30. The monoisotopic (exact) mass is 494 g/mol. The number of anilines is 1. The van der Waals surface area contributed by atoms with E-state index in [0.717, 1.165) is 25.1 Å². The molecule has 190 valence electrons. The predicted octanol–water partition coefficient (Wildman–Crippen LogP) is 1.81. The first-order valence-electron chi connectivity index (χ1n) is 12.3. The number of ether oxygens (including phenoxy) is 1. The second-order valence-electron chi connectivity index (χ2n) is 9.01. The maximum Gasteiger partial charge on any atom is 0.225 e. The van der Waals surface area contributed by atoms with Gasteiger partial charge in [-0.15, -0.1) is 0 Å². The van der Waals surface area contributed by atoms with Gasteiger partial charge in [-0.25, -0.2) is 12.7 Å². The van der Waals surface area contributed by atoms with Crippen LogP contribution in [0.25, 0.3) is 0 Å². The Kier molecular flexibility index (Phi) is 10.3. The lowest BCUT2D eigenvalue weighted by atomic mass is 9.97. The number of sulfonamides is 1. The van der Waals surface area contributed by atoms with Gasteiger partial charge in [-0.3, -0.25) is 14.5 Å². The van der Waals surface area contributed by atoms with Crippen molar-refractivity contribution < 1.29 is 22.7 Å². The van der Waals surface area contributed by atoms with E-state index in [1.807, 2.05) is 31.2 Å². The quantitative estimate of drug-likeness (QED) is 0.486. The number of unbranched alkanes of at least 4 members (excludes halogenated alkanes) is 1. The summed E-state index contributed by atoms with van der Waals surface area (Å²) in [7, 11) is -3.22. The molecule has 2 fully saturated rings. The molecule has 0 atom stereocenters. The van der Waals surface area contributed by atoms with E-state index in [1.165, 1.54) is 4.31 Å². The fourth-order valence-corrected chi connectivity index (χ4v) is 5.93. The summed E-state index contributed by atoms with van der Waals surface area (Å²) in [6.07, 6.45) is 3.01. The summed E-state index contributed by atoms with van der Waals surface area (Å²) in [5.41, 5.74) is 1.61. The molecular weight excluding hydrogens is 456 g/mol. The molecule has 9 nitrogen and oxygen atoms in total. The third-order valence-electron chi connectivity index (χ3n) is 6.41. The van der Waals surface area contributed by atoms with Gasteiger partial charge in [-0.2, -0.15) is 0 Å². The number of carbonyl (C=O) groups excluding carboxylic acids is 2. The van der Waals surface area contributed by atoms with Crippen molar-refractivity contribution in [3.05, 3.63) is 29.8 Å². The molecule has 0 unspecified atom stereocenters. The molecule has 1 aromatic carbocycles. The Hall–Kier alpha value is -2.01. The second-order valence-corrected chi connectivity index (χ2v) is 11.1. The van der Waals surface area contributed by atoms with Gasteiger partial charge in [0.05, 0.1) is 19.0 Å². The first-order valence-corrected chi connectivity index (χ1v) is 13.9. The minimum absolute atomic E-state index is 0.0340. The van der Waals surface area contributed by atoms with Gasteiger partial charge in [0.25, 0.3) is 0 Å². The van der Waals surface area contributed by atoms with Crippen molar-refractivity contribution >= 4 is 27.5 Å². The van der Waals surface area contributed by atoms with Crippen LogP contribution in [0.5, 0.6) is 0 Å². The van der Waals surface area contributed by atoms with E-state index in [9.17, 15) is 18.0 Å². The summed E-state index contributed by atoms with van der Waals surface area (Å²) >= 11 is 0. The predicted molar refractivity (Wildman–Crippen MR) is 132 cm³/mol. The number of hydrogen-bond acceptors (Lipinski definition) is 6. The van der Waals surface area contributed by atoms with E-state index in [2.05, 4.69) is 15.5 Å². The highest BCUT2D eigenvalue weighted by atomic mass is 32.2. The molecule has 2 heterocycles. The normalized spacial score (nSPS) is 18.5. The Balaban J connectivity index is 1.40. The maximum absolute atomic E-state index is 12.6. The molecule has 2 N–H and O–H groups in total. The molecule has 0 aromatic heterocycles. The molecular formula is C24H38N4O5S. The molecule has 2 saturated heterocycles. The zero-order valence-electron chi connectivity index (χ0n) is 20.1. The van der Waals surface area contributed by atoms with E-state index < -0.39 is 10.0 Å². The summed E-state index contributed by atoms with van der Waals surface area (Å²) in [4.78, 5) is 27.2. The Morgan fingerprint density at radius 1 is 1.12 bits per heavy atom. The summed E-state index contributed by atoms with van der Waals surface area (Å²) in [6.45, 7) is 7.00. The first kappa shape index (κ1) is 26.6. The van der Waals surface area contributed by atoms with Crippen LogP contribution in [0.4, 0.5) is 5.69 Å². The molecule has 10 heteroatoms. The van der Waals surface area contributed by atoms with Crippen LogP contribution < -0.4 is 10.6 Å². The summed E-state index contributed by atoms with van der Waals surface area (Å²) in [6, 6.07) is 7.48. The third-order valence-corrected chi connectivity index (χ3v) is 8.37. The number of piperidine rings is 1. The molecule has 0 spiro atoms. The van der Waals surface area contributed by atoms with Crippen LogP contribution in [0.15, 0.2) is 24.3 Å². The molecule has 1 aromatic rings. The Labute approximate surface area is 203 Å². The molecule has 3 rings (SSSR count). The topological polar surface area (TPSA) is 108 Å². The molecule has 0 aliphatic carbocycles. The minimum atomic E-state index is -3.22. The lowest BCUT2D eigenvalue weighted by Gasteiger charge is -2.30. The van der Waals surface area contributed by atoms with E-state index in [1.54, 1.807) is 0 Å². The average Bonchev–Trinajstić information content (AvgIpc) is 2.86. The zero-order valence-corrected chi connectivity index (χ0v) is 20.9. The molecule has 2 aliphatic heterocycles. The van der Waals surface area contributed by atoms with Gasteiger partial charge in [0.2, 0.25) is 21.8 Å². The summed E-state index contributed by atoms with van der Waals surface area (Å²) < 4.78 is 31.6. The van der Waals surface area contributed by atoms with Crippen molar-refractivity contribution in [1.82, 2.24) is 14.5 Å². The maximum atomic E-state index is 12.6. The number of morpholine rings is 1. The van der Waals surface area contributed by atoms with E-state index in [-0.39, 0.29) is 23.5 Å².